The molecule has 1 N–H and O–H groups in total. The predicted molar refractivity (Wildman–Crippen MR) is 204 cm³/mol. The van der Waals surface area contributed by atoms with Gasteiger partial charge in [-0.15, -0.1) is 0 Å². The summed E-state index contributed by atoms with van der Waals surface area (Å²) in [6.07, 6.45) is 0. The Morgan fingerprint density at radius 2 is 1.00 bits per heavy atom. The van der Waals surface area contributed by atoms with Crippen molar-refractivity contribution in [3.63, 3.8) is 0 Å². The average molecular weight is 619 g/mol. The Kier molecular flexibility index (Phi) is 6.31. The van der Waals surface area contributed by atoms with Crippen LogP contribution >= 0.6 is 0 Å². The van der Waals surface area contributed by atoms with Crippen LogP contribution in [-0.4, -0.2) is 12.6 Å². The van der Waals surface area contributed by atoms with Gasteiger partial charge in [0.2, 0.25) is 0 Å². The van der Waals surface area contributed by atoms with Crippen LogP contribution in [0.5, 0.6) is 0 Å². The standard InChI is InChI=1S/C44H34N2Si/c1-47(2)43-15-9-7-13-38(43)39-26-25-36(29-44(39)47)46-41-14-8-6-12-37(41)40-28-33(20-27-42(40)46)32-18-23-35(24-19-32)45-34-21-16-31(17-22-34)30-10-4-3-5-11-30/h3-29,45H,1-2H3/q-1. The monoisotopic (exact) mass is 618 g/mol. The minimum atomic E-state index is -1.78. The highest BCUT2D eigenvalue weighted by Crippen LogP contribution is 2.37. The van der Waals surface area contributed by atoms with Gasteiger partial charge in [-0.3, -0.25) is 0 Å². The third-order valence-corrected chi connectivity index (χ3v) is 13.5. The van der Waals surface area contributed by atoms with Gasteiger partial charge in [-0.1, -0.05) is 134 Å². The lowest BCUT2D eigenvalue weighted by atomic mass is 10.0. The van der Waals surface area contributed by atoms with Gasteiger partial charge in [-0.2, -0.15) is 23.5 Å². The van der Waals surface area contributed by atoms with E-state index in [9.17, 15) is 0 Å². The van der Waals surface area contributed by atoms with Gasteiger partial charge < -0.3 is 9.88 Å². The smallest absolute Gasteiger partial charge is 0.0541 e. The van der Waals surface area contributed by atoms with E-state index in [1.807, 2.05) is 0 Å². The number of nitrogens with zero attached hydrogens (tertiary/aromatic N) is 1. The summed E-state index contributed by atoms with van der Waals surface area (Å²) in [4.78, 5) is 0. The van der Waals surface area contributed by atoms with Crippen molar-refractivity contribution in [1.82, 2.24) is 4.57 Å². The number of rotatable bonds is 5. The van der Waals surface area contributed by atoms with Crippen molar-refractivity contribution in [3.05, 3.63) is 164 Å². The first-order valence-corrected chi connectivity index (χ1v) is 19.4. The lowest BCUT2D eigenvalue weighted by Crippen LogP contribution is -2.49. The van der Waals surface area contributed by atoms with E-state index < -0.39 is 8.07 Å². The van der Waals surface area contributed by atoms with E-state index in [2.05, 4.69) is 187 Å². The molecule has 0 saturated carbocycles. The highest BCUT2D eigenvalue weighted by atomic mass is 28.3. The Morgan fingerprint density at radius 3 is 1.77 bits per heavy atom. The van der Waals surface area contributed by atoms with Crippen LogP contribution in [-0.2, 0) is 0 Å². The molecule has 0 atom stereocenters. The molecule has 1 aromatic heterocycles. The first kappa shape index (κ1) is 27.6. The number of benzene rings is 7. The maximum atomic E-state index is 3.57. The Bertz CT molecular complexity index is 2440. The van der Waals surface area contributed by atoms with Gasteiger partial charge in [0.15, 0.2) is 0 Å². The maximum Gasteiger partial charge on any atom is 0.0541 e. The van der Waals surface area contributed by atoms with E-state index in [4.69, 9.17) is 0 Å². The van der Waals surface area contributed by atoms with Crippen LogP contribution in [0.1, 0.15) is 0 Å². The predicted octanol–water partition coefficient (Wildman–Crippen LogP) is 10.7. The minimum absolute atomic E-state index is 1.07. The molecule has 1 aliphatic heterocycles. The Balaban J connectivity index is 1.05. The highest BCUT2D eigenvalue weighted by Gasteiger charge is 2.27. The van der Waals surface area contributed by atoms with Crippen LogP contribution < -0.4 is 15.7 Å². The largest absolute Gasteiger partial charge is 0.356 e. The summed E-state index contributed by atoms with van der Waals surface area (Å²) in [7, 11) is -1.78. The minimum Gasteiger partial charge on any atom is -0.356 e. The number of hydrogen-bond acceptors (Lipinski definition) is 1. The van der Waals surface area contributed by atoms with Crippen molar-refractivity contribution < 1.29 is 0 Å². The molecule has 2 heterocycles. The second-order valence-electron chi connectivity index (χ2n) is 13.1. The molecular formula is C44H34N2Si-. The molecule has 2 nitrogen and oxygen atoms in total. The van der Waals surface area contributed by atoms with Crippen LogP contribution in [0, 0.1) is 0 Å². The fourth-order valence-electron chi connectivity index (χ4n) is 7.55. The van der Waals surface area contributed by atoms with Gasteiger partial charge in [0, 0.05) is 27.8 Å². The van der Waals surface area contributed by atoms with E-state index in [0.717, 1.165) is 11.4 Å². The summed E-state index contributed by atoms with van der Waals surface area (Å²) in [6.45, 7) is 4.98. The molecule has 7 aromatic carbocycles. The van der Waals surface area contributed by atoms with Crippen LogP contribution in [0.15, 0.2) is 164 Å². The fraction of sp³-hybridized carbons (Fsp3) is 0.0455. The van der Waals surface area contributed by atoms with E-state index in [1.165, 1.54) is 66.1 Å². The van der Waals surface area contributed by atoms with Gasteiger partial charge in [0.05, 0.1) is 11.0 Å². The van der Waals surface area contributed by atoms with Crippen molar-refractivity contribution in [2.45, 2.75) is 13.1 Å². The molecule has 0 bridgehead atoms. The summed E-state index contributed by atoms with van der Waals surface area (Å²) >= 11 is 0. The van der Waals surface area contributed by atoms with Crippen molar-refractivity contribution in [1.29, 1.82) is 0 Å². The maximum absolute atomic E-state index is 3.57. The third kappa shape index (κ3) is 4.54. The van der Waals surface area contributed by atoms with Crippen molar-refractivity contribution in [2.24, 2.45) is 0 Å². The van der Waals surface area contributed by atoms with Crippen molar-refractivity contribution >= 4 is 51.6 Å². The molecular weight excluding hydrogens is 585 g/mol. The van der Waals surface area contributed by atoms with Gasteiger partial charge in [-0.05, 0) is 70.8 Å². The van der Waals surface area contributed by atoms with Gasteiger partial charge in [-0.25, -0.2) is 0 Å². The molecule has 8 aromatic rings. The second-order valence-corrected chi connectivity index (χ2v) is 17.5. The zero-order chi connectivity index (χ0) is 31.5. The van der Waals surface area contributed by atoms with Gasteiger partial charge >= 0.3 is 0 Å². The van der Waals surface area contributed by atoms with E-state index in [0.29, 0.717) is 0 Å². The van der Waals surface area contributed by atoms with Gasteiger partial charge in [0.1, 0.15) is 0 Å². The topological polar surface area (TPSA) is 17.0 Å². The second kappa shape index (κ2) is 10.7. The Morgan fingerprint density at radius 1 is 0.426 bits per heavy atom. The summed E-state index contributed by atoms with van der Waals surface area (Å²) in [6, 6.07) is 59.8. The number of fused-ring (bicyclic) bond motifs is 6. The molecule has 0 aliphatic carbocycles. The SMILES string of the molecule is C[Si-]1(C)c2ccccc2-c2ccc(-n3c4ccccc4c4cc(-c5ccc(Nc6ccc(-c7ccccc7)cc6)cc5)ccc43)cc21. The van der Waals surface area contributed by atoms with Crippen LogP contribution in [0.4, 0.5) is 11.4 Å². The lowest BCUT2D eigenvalue weighted by Gasteiger charge is -2.32. The first-order valence-electron chi connectivity index (χ1n) is 16.4. The van der Waals surface area contributed by atoms with Gasteiger partial charge in [0.25, 0.3) is 0 Å². The van der Waals surface area contributed by atoms with Crippen molar-refractivity contribution in [3.8, 4) is 39.1 Å². The Labute approximate surface area is 276 Å². The zero-order valence-corrected chi connectivity index (χ0v) is 27.5. The number of anilines is 2. The quantitative estimate of drug-likeness (QED) is 0.190. The zero-order valence-electron chi connectivity index (χ0n) is 26.5. The molecule has 9 rings (SSSR count). The molecule has 0 fully saturated rings. The molecule has 0 amide bonds. The molecule has 225 valence electrons. The third-order valence-electron chi connectivity index (χ3n) is 10.00. The van der Waals surface area contributed by atoms with Crippen molar-refractivity contribution in [2.75, 3.05) is 5.32 Å². The number of hydrogen-bond donors (Lipinski definition) is 1. The highest BCUT2D eigenvalue weighted by molar-refractivity contribution is 7.03. The normalized spacial score (nSPS) is 13.1. The van der Waals surface area contributed by atoms with E-state index >= 15 is 0 Å². The summed E-state index contributed by atoms with van der Waals surface area (Å²) in [5, 5.41) is 9.19. The molecule has 0 radical (unpaired) electrons. The molecule has 1 aliphatic rings. The number of aromatic nitrogens is 1. The Hall–Kier alpha value is -5.64. The molecule has 3 heteroatoms. The lowest BCUT2D eigenvalue weighted by molar-refractivity contribution is 1.18. The molecule has 0 unspecified atom stereocenters. The molecule has 47 heavy (non-hydrogen) atoms. The molecule has 0 spiro atoms. The fourth-order valence-corrected chi connectivity index (χ4v) is 10.6. The summed E-state index contributed by atoms with van der Waals surface area (Å²) in [5.74, 6) is 0. The van der Waals surface area contributed by atoms with E-state index in [-0.39, 0.29) is 0 Å². The van der Waals surface area contributed by atoms with E-state index in [1.54, 1.807) is 5.19 Å². The summed E-state index contributed by atoms with van der Waals surface area (Å²) in [5.41, 5.74) is 13.6. The van der Waals surface area contributed by atoms with Crippen LogP contribution in [0.25, 0.3) is 60.9 Å². The number of para-hydroxylation sites is 1. The summed E-state index contributed by atoms with van der Waals surface area (Å²) < 4.78 is 2.46. The van der Waals surface area contributed by atoms with Crippen LogP contribution in [0.3, 0.4) is 0 Å². The van der Waals surface area contributed by atoms with Crippen LogP contribution in [0.2, 0.25) is 13.1 Å². The molecule has 0 saturated heterocycles. The number of nitrogens with one attached hydrogen (secondary N) is 1. The average Bonchev–Trinajstić information content (AvgIpc) is 3.57. The first-order chi connectivity index (χ1) is 23.0.